The van der Waals surface area contributed by atoms with Crippen LogP contribution >= 0.6 is 11.6 Å². The van der Waals surface area contributed by atoms with Gasteiger partial charge in [-0.2, -0.15) is 4.98 Å². The van der Waals surface area contributed by atoms with E-state index in [4.69, 9.17) is 21.1 Å². The Morgan fingerprint density at radius 3 is 2.33 bits per heavy atom. The highest BCUT2D eigenvalue weighted by Gasteiger charge is 2.31. The molecule has 1 saturated heterocycles. The summed E-state index contributed by atoms with van der Waals surface area (Å²) in [6.45, 7) is -0.0114. The molecule has 0 bridgehead atoms. The van der Waals surface area contributed by atoms with Gasteiger partial charge < -0.3 is 29.7 Å². The number of H-pyrrole nitrogens is 2. The lowest BCUT2D eigenvalue weighted by atomic mass is 10.0. The van der Waals surface area contributed by atoms with Gasteiger partial charge in [0.25, 0.3) is 11.6 Å². The molecule has 0 spiro atoms. The van der Waals surface area contributed by atoms with Crippen LogP contribution in [0.1, 0.15) is 6.42 Å². The predicted octanol–water partition coefficient (Wildman–Crippen LogP) is 3.59. The highest BCUT2D eigenvalue weighted by molar-refractivity contribution is 6.33. The maximum Gasteiger partial charge on any atom is 0.296 e. The van der Waals surface area contributed by atoms with Crippen LogP contribution in [-0.4, -0.2) is 66.7 Å². The van der Waals surface area contributed by atoms with E-state index in [-0.39, 0.29) is 24.8 Å². The predicted molar refractivity (Wildman–Crippen MR) is 145 cm³/mol. The van der Waals surface area contributed by atoms with Crippen molar-refractivity contribution in [2.75, 3.05) is 13.2 Å². The number of imidazole rings is 1. The number of rotatable bonds is 6. The Morgan fingerprint density at radius 2 is 1.67 bits per heavy atom. The van der Waals surface area contributed by atoms with Crippen LogP contribution in [0.5, 0.6) is 6.01 Å². The summed E-state index contributed by atoms with van der Waals surface area (Å²) in [4.78, 5) is 30.7. The van der Waals surface area contributed by atoms with Gasteiger partial charge in [-0.3, -0.25) is 4.79 Å². The third-order valence-electron chi connectivity index (χ3n) is 6.61. The van der Waals surface area contributed by atoms with E-state index < -0.39 is 18.3 Å². The second kappa shape index (κ2) is 10.6. The van der Waals surface area contributed by atoms with Gasteiger partial charge in [0.15, 0.2) is 5.65 Å². The third-order valence-corrected chi connectivity index (χ3v) is 6.90. The number of nitrogens with one attached hydrogen (secondary N) is 2. The van der Waals surface area contributed by atoms with Gasteiger partial charge in [-0.1, -0.05) is 60.1 Å². The fraction of sp³-hybridized carbons (Fsp3) is 0.214. The third kappa shape index (κ3) is 5.27. The number of aromatic nitrogens is 5. The normalized spacial score (nSPS) is 19.3. The van der Waals surface area contributed by atoms with Crippen molar-refractivity contribution in [2.24, 2.45) is 0 Å². The minimum Gasteiger partial charge on any atom is -0.459 e. The zero-order valence-corrected chi connectivity index (χ0v) is 21.3. The summed E-state index contributed by atoms with van der Waals surface area (Å²) < 4.78 is 11.3. The quantitative estimate of drug-likeness (QED) is 0.253. The summed E-state index contributed by atoms with van der Waals surface area (Å²) in [7, 11) is 0. The monoisotopic (exact) mass is 545 g/mol. The van der Waals surface area contributed by atoms with Gasteiger partial charge in [0.1, 0.15) is 18.0 Å². The van der Waals surface area contributed by atoms with E-state index in [1.807, 2.05) is 48.5 Å². The summed E-state index contributed by atoms with van der Waals surface area (Å²) in [6, 6.07) is 19.0. The van der Waals surface area contributed by atoms with E-state index >= 15 is 0 Å². The summed E-state index contributed by atoms with van der Waals surface area (Å²) >= 11 is 6.57. The zero-order valence-electron chi connectivity index (χ0n) is 20.5. The van der Waals surface area contributed by atoms with Gasteiger partial charge in [-0.25, -0.2) is 9.97 Å². The number of nitrogens with zero attached hydrogens (tertiary/aromatic N) is 3. The van der Waals surface area contributed by atoms with E-state index in [1.165, 1.54) is 12.3 Å². The van der Waals surface area contributed by atoms with Gasteiger partial charge >= 0.3 is 0 Å². The minimum absolute atomic E-state index is 0.195. The molecule has 6 rings (SSSR count). The van der Waals surface area contributed by atoms with Gasteiger partial charge in [0, 0.05) is 29.8 Å². The largest absolute Gasteiger partial charge is 0.459 e. The number of aliphatic hydroxyl groups is 2. The number of pyridine rings is 1. The van der Waals surface area contributed by atoms with Crippen LogP contribution in [0, 0.1) is 0 Å². The molecule has 3 unspecified atom stereocenters. The molecular weight excluding hydrogens is 522 g/mol. The molecular formula is C28H24ClN5O5. The second-order valence-corrected chi connectivity index (χ2v) is 9.67. The molecule has 5 aromatic rings. The van der Waals surface area contributed by atoms with Gasteiger partial charge in [-0.15, -0.1) is 0 Å². The van der Waals surface area contributed by atoms with Crippen molar-refractivity contribution < 1.29 is 19.7 Å². The lowest BCUT2D eigenvalue weighted by molar-refractivity contribution is -0.131. The molecule has 2 aromatic carbocycles. The molecule has 4 heterocycles. The fourth-order valence-electron chi connectivity index (χ4n) is 4.56. The van der Waals surface area contributed by atoms with Crippen LogP contribution in [0.2, 0.25) is 5.02 Å². The number of fused-ring (bicyclic) bond motifs is 1. The number of hydrogen-bond donors (Lipinski definition) is 4. The number of aromatic amines is 2. The molecule has 1 aliphatic heterocycles. The Morgan fingerprint density at radius 1 is 0.974 bits per heavy atom. The maximum atomic E-state index is 11.6. The standard InChI is InChI=1S/C28H24ClN5O5/c29-20-12-21-27(34-28(31-21)39-19-11-22(36)23(13-35)38-14-19)33-25(20)17-5-1-15(2-6-17)16-3-7-18(8-4-16)26-30-10-9-24(37)32-26/h1-10,12,19,22-23,35-36H,11,13-14H2,(H,30,32,37)(H,31,33,34). The van der Waals surface area contributed by atoms with Crippen LogP contribution in [-0.2, 0) is 4.74 Å². The van der Waals surface area contributed by atoms with E-state index in [2.05, 4.69) is 24.9 Å². The minimum atomic E-state index is -0.815. The van der Waals surface area contributed by atoms with Gasteiger partial charge in [0.2, 0.25) is 0 Å². The molecule has 1 aliphatic rings. The number of hydrogen-bond acceptors (Lipinski definition) is 8. The zero-order chi connectivity index (χ0) is 26.9. The first-order chi connectivity index (χ1) is 19.0. The Labute approximate surface area is 227 Å². The number of ether oxygens (including phenoxy) is 2. The van der Waals surface area contributed by atoms with Crippen molar-refractivity contribution in [3.05, 3.63) is 82.2 Å². The highest BCUT2D eigenvalue weighted by Crippen LogP contribution is 2.32. The van der Waals surface area contributed by atoms with E-state index in [1.54, 1.807) is 6.07 Å². The first-order valence-corrected chi connectivity index (χ1v) is 12.7. The topological polar surface area (TPSA) is 146 Å². The molecule has 0 saturated carbocycles. The van der Waals surface area contributed by atoms with Crippen LogP contribution in [0.3, 0.4) is 0 Å². The van der Waals surface area contributed by atoms with Crippen molar-refractivity contribution in [3.63, 3.8) is 0 Å². The van der Waals surface area contributed by atoms with E-state index in [9.17, 15) is 15.0 Å². The Bertz CT molecular complexity index is 1670. The summed E-state index contributed by atoms with van der Waals surface area (Å²) in [6.07, 6.45) is -0.0261. The Balaban J connectivity index is 1.19. The molecule has 3 atom stereocenters. The molecule has 0 radical (unpaired) electrons. The van der Waals surface area contributed by atoms with E-state index in [0.29, 0.717) is 34.1 Å². The molecule has 3 aromatic heterocycles. The van der Waals surface area contributed by atoms with Crippen molar-refractivity contribution in [3.8, 4) is 39.8 Å². The SMILES string of the molecule is O=c1ccnc(-c2ccc(-c3ccc(-c4nc5nc(OC6COC(CO)C(O)C6)[nH]c5cc4Cl)cc3)cc2)[nH]1. The smallest absolute Gasteiger partial charge is 0.296 e. The first-order valence-electron chi connectivity index (χ1n) is 12.4. The molecule has 1 fully saturated rings. The molecule has 0 aliphatic carbocycles. The lowest BCUT2D eigenvalue weighted by Crippen LogP contribution is -2.45. The van der Waals surface area contributed by atoms with Crippen LogP contribution in [0.25, 0.3) is 44.9 Å². The molecule has 0 amide bonds. The molecule has 4 N–H and O–H groups in total. The van der Waals surface area contributed by atoms with Crippen LogP contribution < -0.4 is 10.3 Å². The fourth-order valence-corrected chi connectivity index (χ4v) is 4.82. The van der Waals surface area contributed by atoms with Crippen LogP contribution in [0.15, 0.2) is 71.7 Å². The van der Waals surface area contributed by atoms with Crippen molar-refractivity contribution >= 4 is 22.8 Å². The highest BCUT2D eigenvalue weighted by atomic mass is 35.5. The molecule has 198 valence electrons. The van der Waals surface area contributed by atoms with Gasteiger partial charge in [-0.05, 0) is 17.2 Å². The Hall–Kier alpha value is -4.09. The number of halogens is 1. The van der Waals surface area contributed by atoms with E-state index in [0.717, 1.165) is 22.3 Å². The second-order valence-electron chi connectivity index (χ2n) is 9.27. The Kier molecular flexibility index (Phi) is 6.84. The molecule has 39 heavy (non-hydrogen) atoms. The first kappa shape index (κ1) is 25.2. The van der Waals surface area contributed by atoms with Crippen molar-refractivity contribution in [2.45, 2.75) is 24.7 Å². The summed E-state index contributed by atoms with van der Waals surface area (Å²) in [5.41, 5.74) is 5.13. The maximum absolute atomic E-state index is 11.6. The molecule has 10 nitrogen and oxygen atoms in total. The number of benzene rings is 2. The summed E-state index contributed by atoms with van der Waals surface area (Å²) in [5.74, 6) is 0.521. The lowest BCUT2D eigenvalue weighted by Gasteiger charge is -2.31. The van der Waals surface area contributed by atoms with Crippen molar-refractivity contribution in [1.29, 1.82) is 0 Å². The van der Waals surface area contributed by atoms with Gasteiger partial charge in [0.05, 0.1) is 35.6 Å². The average Bonchev–Trinajstić information content (AvgIpc) is 3.34. The molecule has 11 heteroatoms. The van der Waals surface area contributed by atoms with Crippen molar-refractivity contribution in [1.82, 2.24) is 24.9 Å². The van der Waals surface area contributed by atoms with Crippen LogP contribution in [0.4, 0.5) is 0 Å². The average molecular weight is 546 g/mol. The summed E-state index contributed by atoms with van der Waals surface area (Å²) in [5, 5.41) is 19.8. The number of aliphatic hydroxyl groups excluding tert-OH is 2.